The van der Waals surface area contributed by atoms with Crippen LogP contribution in [-0.2, 0) is 9.53 Å². The molecule has 6 heteroatoms. The van der Waals surface area contributed by atoms with E-state index in [1.165, 1.54) is 0 Å². The van der Waals surface area contributed by atoms with Crippen LogP contribution in [0, 0.1) is 0 Å². The summed E-state index contributed by atoms with van der Waals surface area (Å²) in [7, 11) is 0. The van der Waals surface area contributed by atoms with E-state index in [0.29, 0.717) is 38.2 Å². The molecule has 5 rings (SSSR count). The van der Waals surface area contributed by atoms with E-state index in [2.05, 4.69) is 6.92 Å². The molecule has 0 N–H and O–H groups in total. The maximum absolute atomic E-state index is 13.3. The number of carbonyl (C=O) groups is 2. The quantitative estimate of drug-likeness (QED) is 0.764. The summed E-state index contributed by atoms with van der Waals surface area (Å²) in [6.07, 6.45) is 1.90. The molecule has 0 radical (unpaired) electrons. The van der Waals surface area contributed by atoms with E-state index in [9.17, 15) is 9.59 Å². The van der Waals surface area contributed by atoms with Gasteiger partial charge in [-0.05, 0) is 36.2 Å². The standard InChI is InChI=1S/C24H26N2O4/c1-2-14-29-19-10-8-18(9-11-19)23(28)25-13-12-24-21(25)15-22(27)26(24)20(16-30-24)17-6-4-3-5-7-17/h3-11,20-21H,2,12-16H2,1H3/t20-,21+,24-/m0/s1. The average Bonchev–Trinajstić information content (AvgIpc) is 3.41. The Bertz CT molecular complexity index is 945. The smallest absolute Gasteiger partial charge is 0.254 e. The van der Waals surface area contributed by atoms with Crippen LogP contribution in [-0.4, -0.2) is 53.1 Å². The fourth-order valence-electron chi connectivity index (χ4n) is 5.09. The third-order valence-corrected chi connectivity index (χ3v) is 6.47. The molecule has 30 heavy (non-hydrogen) atoms. The highest BCUT2D eigenvalue weighted by Gasteiger charge is 2.65. The van der Waals surface area contributed by atoms with Gasteiger partial charge < -0.3 is 19.3 Å². The Morgan fingerprint density at radius 1 is 1.17 bits per heavy atom. The molecule has 0 unspecified atom stereocenters. The summed E-state index contributed by atoms with van der Waals surface area (Å²) in [6.45, 7) is 3.77. The largest absolute Gasteiger partial charge is 0.494 e. The lowest BCUT2D eigenvalue weighted by atomic mass is 10.0. The van der Waals surface area contributed by atoms with Crippen LogP contribution in [0.2, 0.25) is 0 Å². The lowest BCUT2D eigenvalue weighted by Crippen LogP contribution is -2.49. The first-order chi connectivity index (χ1) is 14.6. The Balaban J connectivity index is 1.37. The maximum Gasteiger partial charge on any atom is 0.254 e. The van der Waals surface area contributed by atoms with Crippen LogP contribution < -0.4 is 4.74 Å². The van der Waals surface area contributed by atoms with Gasteiger partial charge in [0, 0.05) is 18.5 Å². The molecular formula is C24H26N2O4. The van der Waals surface area contributed by atoms with Crippen molar-refractivity contribution in [2.75, 3.05) is 19.8 Å². The molecular weight excluding hydrogens is 380 g/mol. The van der Waals surface area contributed by atoms with Gasteiger partial charge in [0.2, 0.25) is 5.91 Å². The second-order valence-corrected chi connectivity index (χ2v) is 8.19. The molecule has 2 amide bonds. The highest BCUT2D eigenvalue weighted by atomic mass is 16.5. The molecule has 156 valence electrons. The Labute approximate surface area is 176 Å². The van der Waals surface area contributed by atoms with Crippen LogP contribution in [0.4, 0.5) is 0 Å². The normalized spacial score (nSPS) is 27.3. The van der Waals surface area contributed by atoms with Gasteiger partial charge in [0.15, 0.2) is 5.72 Å². The molecule has 3 saturated heterocycles. The second-order valence-electron chi connectivity index (χ2n) is 8.19. The van der Waals surface area contributed by atoms with Crippen LogP contribution in [0.1, 0.15) is 48.1 Å². The van der Waals surface area contributed by atoms with Crippen molar-refractivity contribution in [1.29, 1.82) is 0 Å². The minimum atomic E-state index is -0.697. The molecule has 0 aromatic heterocycles. The predicted molar refractivity (Wildman–Crippen MR) is 111 cm³/mol. The molecule has 6 nitrogen and oxygen atoms in total. The molecule has 3 heterocycles. The first-order valence-electron chi connectivity index (χ1n) is 10.7. The van der Waals surface area contributed by atoms with Crippen LogP contribution in [0.15, 0.2) is 54.6 Å². The minimum Gasteiger partial charge on any atom is -0.494 e. The van der Waals surface area contributed by atoms with E-state index in [-0.39, 0.29) is 23.9 Å². The van der Waals surface area contributed by atoms with Crippen LogP contribution in [0.3, 0.4) is 0 Å². The SMILES string of the molecule is CCCOc1ccc(C(=O)N2CC[C@@]34OC[C@@H](c5ccccc5)N3C(=O)C[C@@H]24)cc1. The van der Waals surface area contributed by atoms with Gasteiger partial charge in [-0.1, -0.05) is 37.3 Å². The molecule has 0 aliphatic carbocycles. The number of benzene rings is 2. The third-order valence-electron chi connectivity index (χ3n) is 6.47. The Kier molecular flexibility index (Phi) is 4.74. The van der Waals surface area contributed by atoms with Crippen molar-refractivity contribution in [1.82, 2.24) is 9.80 Å². The van der Waals surface area contributed by atoms with Gasteiger partial charge in [0.25, 0.3) is 5.91 Å². The first kappa shape index (κ1) is 19.1. The molecule has 0 saturated carbocycles. The lowest BCUT2D eigenvalue weighted by molar-refractivity contribution is -0.138. The molecule has 3 aliphatic heterocycles. The number of ether oxygens (including phenoxy) is 2. The van der Waals surface area contributed by atoms with Gasteiger partial charge in [0.1, 0.15) is 5.75 Å². The molecule has 2 aromatic rings. The third kappa shape index (κ3) is 2.89. The molecule has 1 spiro atoms. The van der Waals surface area contributed by atoms with Gasteiger partial charge in [-0.2, -0.15) is 0 Å². The van der Waals surface area contributed by atoms with Gasteiger partial charge in [0.05, 0.1) is 31.7 Å². The summed E-state index contributed by atoms with van der Waals surface area (Å²) >= 11 is 0. The fraction of sp³-hybridized carbons (Fsp3) is 0.417. The molecule has 3 fully saturated rings. The van der Waals surface area contributed by atoms with E-state index >= 15 is 0 Å². The lowest BCUT2D eigenvalue weighted by Gasteiger charge is -2.33. The van der Waals surface area contributed by atoms with E-state index in [4.69, 9.17) is 9.47 Å². The zero-order valence-corrected chi connectivity index (χ0v) is 17.1. The Morgan fingerprint density at radius 2 is 1.93 bits per heavy atom. The van der Waals surface area contributed by atoms with Crippen molar-refractivity contribution in [2.45, 2.75) is 44.0 Å². The average molecular weight is 406 g/mol. The molecule has 3 aliphatic rings. The van der Waals surface area contributed by atoms with E-state index in [1.807, 2.05) is 52.3 Å². The van der Waals surface area contributed by atoms with Crippen LogP contribution >= 0.6 is 0 Å². The summed E-state index contributed by atoms with van der Waals surface area (Å²) in [5.41, 5.74) is 0.993. The minimum absolute atomic E-state index is 0.0553. The highest BCUT2D eigenvalue weighted by Crippen LogP contribution is 2.51. The van der Waals surface area contributed by atoms with Crippen molar-refractivity contribution in [2.24, 2.45) is 0 Å². The van der Waals surface area contributed by atoms with Crippen molar-refractivity contribution < 1.29 is 19.1 Å². The van der Waals surface area contributed by atoms with Crippen LogP contribution in [0.5, 0.6) is 5.75 Å². The summed E-state index contributed by atoms with van der Waals surface area (Å²) in [6, 6.07) is 16.9. The van der Waals surface area contributed by atoms with Gasteiger partial charge in [-0.15, -0.1) is 0 Å². The van der Waals surface area contributed by atoms with Gasteiger partial charge in [-0.25, -0.2) is 0 Å². The van der Waals surface area contributed by atoms with E-state index < -0.39 is 5.72 Å². The number of hydrogen-bond acceptors (Lipinski definition) is 4. The van der Waals surface area contributed by atoms with E-state index in [1.54, 1.807) is 12.1 Å². The highest BCUT2D eigenvalue weighted by molar-refractivity contribution is 5.96. The topological polar surface area (TPSA) is 59.1 Å². The number of amides is 2. The summed E-state index contributed by atoms with van der Waals surface area (Å²) in [4.78, 5) is 30.0. The number of likely N-dealkylation sites (tertiary alicyclic amines) is 1. The maximum atomic E-state index is 13.3. The first-order valence-corrected chi connectivity index (χ1v) is 10.7. The van der Waals surface area contributed by atoms with Crippen molar-refractivity contribution in [3.05, 3.63) is 65.7 Å². The summed E-state index contributed by atoms with van der Waals surface area (Å²) in [5.74, 6) is 0.769. The Hall–Kier alpha value is -2.86. The van der Waals surface area contributed by atoms with E-state index in [0.717, 1.165) is 17.7 Å². The zero-order chi connectivity index (χ0) is 20.7. The van der Waals surface area contributed by atoms with Crippen molar-refractivity contribution in [3.8, 4) is 5.75 Å². The molecule has 2 aromatic carbocycles. The summed E-state index contributed by atoms with van der Waals surface area (Å²) in [5, 5.41) is 0. The number of nitrogens with zero attached hydrogens (tertiary/aromatic N) is 2. The van der Waals surface area contributed by atoms with Gasteiger partial charge in [-0.3, -0.25) is 9.59 Å². The Morgan fingerprint density at radius 3 is 2.67 bits per heavy atom. The monoisotopic (exact) mass is 406 g/mol. The fourth-order valence-corrected chi connectivity index (χ4v) is 5.09. The van der Waals surface area contributed by atoms with Gasteiger partial charge >= 0.3 is 0 Å². The van der Waals surface area contributed by atoms with Crippen LogP contribution in [0.25, 0.3) is 0 Å². The molecule has 3 atom stereocenters. The van der Waals surface area contributed by atoms with Crippen molar-refractivity contribution >= 4 is 11.8 Å². The zero-order valence-electron chi connectivity index (χ0n) is 17.1. The summed E-state index contributed by atoms with van der Waals surface area (Å²) < 4.78 is 11.9. The second kappa shape index (κ2) is 7.43. The number of carbonyl (C=O) groups excluding carboxylic acids is 2. The number of rotatable bonds is 5. The van der Waals surface area contributed by atoms with Crippen molar-refractivity contribution in [3.63, 3.8) is 0 Å². The number of hydrogen-bond donors (Lipinski definition) is 0. The predicted octanol–water partition coefficient (Wildman–Crippen LogP) is 3.39. The molecule has 0 bridgehead atoms.